The number of hydrogen-bond acceptors (Lipinski definition) is 3. The van der Waals surface area contributed by atoms with E-state index < -0.39 is 0 Å². The van der Waals surface area contributed by atoms with Crippen molar-refractivity contribution < 1.29 is 0 Å². The fourth-order valence-corrected chi connectivity index (χ4v) is 3.61. The summed E-state index contributed by atoms with van der Waals surface area (Å²) in [5.74, 6) is 3.21. The lowest BCUT2D eigenvalue weighted by molar-refractivity contribution is 0.152. The van der Waals surface area contributed by atoms with Gasteiger partial charge >= 0.3 is 0 Å². The van der Waals surface area contributed by atoms with Crippen molar-refractivity contribution >= 4 is 0 Å². The highest BCUT2D eigenvalue weighted by atomic mass is 15.3. The minimum absolute atomic E-state index is 0.686. The Morgan fingerprint density at radius 2 is 2.05 bits per heavy atom. The molecule has 4 nitrogen and oxygen atoms in total. The van der Waals surface area contributed by atoms with E-state index in [0.717, 1.165) is 25.3 Å². The van der Waals surface area contributed by atoms with Crippen molar-refractivity contribution in [2.45, 2.75) is 65.0 Å². The molecule has 2 aliphatic heterocycles. The monoisotopic (exact) mass is 262 g/mol. The quantitative estimate of drug-likeness (QED) is 0.838. The van der Waals surface area contributed by atoms with Crippen LogP contribution in [0.15, 0.2) is 0 Å². The highest BCUT2D eigenvalue weighted by Crippen LogP contribution is 2.23. The molecule has 3 heterocycles. The van der Waals surface area contributed by atoms with Crippen molar-refractivity contribution in [3.8, 4) is 0 Å². The molecule has 0 N–H and O–H groups in total. The van der Waals surface area contributed by atoms with Crippen LogP contribution in [-0.4, -0.2) is 38.8 Å². The Morgan fingerprint density at radius 3 is 2.89 bits per heavy atom. The minimum Gasteiger partial charge on any atom is -0.315 e. The van der Waals surface area contributed by atoms with E-state index in [2.05, 4.69) is 33.5 Å². The van der Waals surface area contributed by atoms with Crippen LogP contribution in [0.2, 0.25) is 0 Å². The average molecular weight is 262 g/mol. The van der Waals surface area contributed by atoms with E-state index in [1.165, 1.54) is 50.4 Å². The molecule has 1 fully saturated rings. The zero-order chi connectivity index (χ0) is 13.2. The van der Waals surface area contributed by atoms with Gasteiger partial charge in [-0.3, -0.25) is 0 Å². The van der Waals surface area contributed by atoms with Crippen molar-refractivity contribution in [1.82, 2.24) is 19.7 Å². The molecule has 3 rings (SSSR count). The number of likely N-dealkylation sites (N-methyl/N-ethyl adjacent to an activating group) is 1. The molecule has 0 spiro atoms. The van der Waals surface area contributed by atoms with Crippen LogP contribution in [0.1, 0.15) is 51.2 Å². The van der Waals surface area contributed by atoms with Crippen molar-refractivity contribution in [3.05, 3.63) is 11.6 Å². The maximum Gasteiger partial charge on any atom is 0.134 e. The summed E-state index contributed by atoms with van der Waals surface area (Å²) in [4.78, 5) is 2.62. The molecule has 2 atom stereocenters. The van der Waals surface area contributed by atoms with Crippen LogP contribution < -0.4 is 0 Å². The molecule has 2 aliphatic rings. The van der Waals surface area contributed by atoms with Gasteiger partial charge in [0.25, 0.3) is 0 Å². The molecule has 0 radical (unpaired) electrons. The summed E-state index contributed by atoms with van der Waals surface area (Å²) in [5.41, 5.74) is 0. The van der Waals surface area contributed by atoms with Gasteiger partial charge in [-0.1, -0.05) is 20.3 Å². The predicted molar refractivity (Wildman–Crippen MR) is 76.1 cm³/mol. The second-order valence-corrected chi connectivity index (χ2v) is 6.26. The van der Waals surface area contributed by atoms with Gasteiger partial charge in [0.05, 0.1) is 0 Å². The maximum absolute atomic E-state index is 4.48. The fraction of sp³-hybridized carbons (Fsp3) is 0.867. The number of piperidine rings is 1. The Kier molecular flexibility index (Phi) is 3.87. The molecule has 0 aromatic carbocycles. The molecule has 19 heavy (non-hydrogen) atoms. The van der Waals surface area contributed by atoms with Crippen LogP contribution in [0.25, 0.3) is 0 Å². The number of likely N-dealkylation sites (tertiary alicyclic amines) is 1. The molecule has 0 bridgehead atoms. The fourth-order valence-electron chi connectivity index (χ4n) is 3.61. The third-order valence-electron chi connectivity index (χ3n) is 4.85. The van der Waals surface area contributed by atoms with Gasteiger partial charge in [0.1, 0.15) is 11.6 Å². The van der Waals surface area contributed by atoms with E-state index in [4.69, 9.17) is 0 Å². The molecule has 0 aliphatic carbocycles. The topological polar surface area (TPSA) is 34.0 Å². The van der Waals surface area contributed by atoms with Gasteiger partial charge in [0.2, 0.25) is 0 Å². The largest absolute Gasteiger partial charge is 0.315 e. The van der Waals surface area contributed by atoms with Gasteiger partial charge in [-0.25, -0.2) is 0 Å². The highest BCUT2D eigenvalue weighted by molar-refractivity contribution is 5.02. The Bertz CT molecular complexity index is 426. The van der Waals surface area contributed by atoms with Crippen LogP contribution in [0.5, 0.6) is 0 Å². The molecule has 1 saturated heterocycles. The summed E-state index contributed by atoms with van der Waals surface area (Å²) in [5, 5.41) is 8.90. The summed E-state index contributed by atoms with van der Waals surface area (Å²) in [7, 11) is 0. The van der Waals surface area contributed by atoms with Crippen LogP contribution in [0.3, 0.4) is 0 Å². The lowest BCUT2D eigenvalue weighted by Crippen LogP contribution is -2.41. The Labute approximate surface area is 116 Å². The molecular formula is C15H26N4. The molecular weight excluding hydrogens is 236 g/mol. The average Bonchev–Trinajstić information content (AvgIpc) is 2.82. The van der Waals surface area contributed by atoms with Gasteiger partial charge in [-0.15, -0.1) is 10.2 Å². The number of fused-ring (bicyclic) bond motifs is 1. The van der Waals surface area contributed by atoms with E-state index >= 15 is 0 Å². The van der Waals surface area contributed by atoms with Gasteiger partial charge in [-0.05, 0) is 38.3 Å². The molecule has 1 aromatic rings. The van der Waals surface area contributed by atoms with Crippen LogP contribution in [-0.2, 0) is 19.4 Å². The van der Waals surface area contributed by atoms with Crippen molar-refractivity contribution in [2.75, 3.05) is 13.1 Å². The van der Waals surface area contributed by atoms with Gasteiger partial charge in [0, 0.05) is 25.4 Å². The zero-order valence-electron chi connectivity index (χ0n) is 12.3. The summed E-state index contributed by atoms with van der Waals surface area (Å²) in [6, 6.07) is 0.686. The van der Waals surface area contributed by atoms with Gasteiger partial charge in [0.15, 0.2) is 0 Å². The first-order valence-corrected chi connectivity index (χ1v) is 7.93. The molecule has 4 heteroatoms. The second-order valence-electron chi connectivity index (χ2n) is 6.26. The standard InChI is InChI=1S/C15H26N4/c1-3-18-8-5-4-6-13(18)11-15-17-16-14-10-12(2)7-9-19(14)15/h12-13H,3-11H2,1-2H3. The van der Waals surface area contributed by atoms with Crippen molar-refractivity contribution in [2.24, 2.45) is 5.92 Å². The molecule has 2 unspecified atom stereocenters. The van der Waals surface area contributed by atoms with Gasteiger partial charge < -0.3 is 9.47 Å². The number of hydrogen-bond donors (Lipinski definition) is 0. The Balaban J connectivity index is 1.73. The van der Waals surface area contributed by atoms with Crippen LogP contribution >= 0.6 is 0 Å². The van der Waals surface area contributed by atoms with E-state index in [-0.39, 0.29) is 0 Å². The predicted octanol–water partition coefficient (Wildman–Crippen LogP) is 2.28. The summed E-state index contributed by atoms with van der Waals surface area (Å²) >= 11 is 0. The van der Waals surface area contributed by atoms with E-state index in [1.807, 2.05) is 0 Å². The molecule has 0 amide bonds. The van der Waals surface area contributed by atoms with Crippen LogP contribution in [0, 0.1) is 5.92 Å². The first-order chi connectivity index (χ1) is 9.28. The van der Waals surface area contributed by atoms with E-state index in [9.17, 15) is 0 Å². The summed E-state index contributed by atoms with van der Waals surface area (Å²) in [6.45, 7) is 8.15. The lowest BCUT2D eigenvalue weighted by atomic mass is 9.98. The molecule has 106 valence electrons. The summed E-state index contributed by atoms with van der Waals surface area (Å²) in [6.07, 6.45) is 7.54. The van der Waals surface area contributed by atoms with E-state index in [0.29, 0.717) is 6.04 Å². The van der Waals surface area contributed by atoms with Crippen molar-refractivity contribution in [1.29, 1.82) is 0 Å². The number of aromatic nitrogens is 3. The van der Waals surface area contributed by atoms with Crippen LogP contribution in [0.4, 0.5) is 0 Å². The third kappa shape index (κ3) is 2.69. The third-order valence-corrected chi connectivity index (χ3v) is 4.85. The second kappa shape index (κ2) is 5.61. The minimum atomic E-state index is 0.686. The maximum atomic E-state index is 4.48. The van der Waals surface area contributed by atoms with Gasteiger partial charge in [-0.2, -0.15) is 0 Å². The van der Waals surface area contributed by atoms with E-state index in [1.54, 1.807) is 0 Å². The van der Waals surface area contributed by atoms with Crippen molar-refractivity contribution in [3.63, 3.8) is 0 Å². The normalized spacial score (nSPS) is 28.3. The Morgan fingerprint density at radius 1 is 1.16 bits per heavy atom. The lowest BCUT2D eigenvalue weighted by Gasteiger charge is -2.34. The first-order valence-electron chi connectivity index (χ1n) is 7.93. The SMILES string of the molecule is CCN1CCCCC1Cc1nnc2n1CCC(C)C2. The zero-order valence-corrected chi connectivity index (χ0v) is 12.3. The smallest absolute Gasteiger partial charge is 0.134 e. The Hall–Kier alpha value is -0.900. The highest BCUT2D eigenvalue weighted by Gasteiger charge is 2.26. The molecule has 0 saturated carbocycles. The molecule has 1 aromatic heterocycles. The number of rotatable bonds is 3. The first kappa shape index (κ1) is 13.1. The number of nitrogens with zero attached hydrogens (tertiary/aromatic N) is 4. The summed E-state index contributed by atoms with van der Waals surface area (Å²) < 4.78 is 2.39.